The van der Waals surface area contributed by atoms with Gasteiger partial charge in [0.25, 0.3) is 11.8 Å². The molecule has 1 aliphatic rings. The molecule has 30 heavy (non-hydrogen) atoms. The molecule has 0 bridgehead atoms. The largest absolute Gasteiger partial charge is 0.493 e. The van der Waals surface area contributed by atoms with E-state index in [9.17, 15) is 14.4 Å². The zero-order chi connectivity index (χ0) is 21.9. The fourth-order valence-electron chi connectivity index (χ4n) is 3.34. The van der Waals surface area contributed by atoms with Gasteiger partial charge in [-0.15, -0.1) is 6.58 Å². The number of nitrogens with one attached hydrogen (secondary N) is 3. The summed E-state index contributed by atoms with van der Waals surface area (Å²) in [7, 11) is 3.04. The number of anilines is 1. The topological polar surface area (TPSA) is 106 Å². The fourth-order valence-corrected chi connectivity index (χ4v) is 3.34. The van der Waals surface area contributed by atoms with Crippen molar-refractivity contribution in [2.45, 2.75) is 18.9 Å². The molecule has 0 radical (unpaired) electrons. The van der Waals surface area contributed by atoms with Gasteiger partial charge in [-0.25, -0.2) is 4.79 Å². The number of methoxy groups -OCH3 is 2. The average Bonchev–Trinajstić information content (AvgIpc) is 3.00. The number of urea groups is 1. The van der Waals surface area contributed by atoms with E-state index in [-0.39, 0.29) is 5.91 Å². The number of rotatable bonds is 7. The Morgan fingerprint density at radius 2 is 1.97 bits per heavy atom. The molecule has 8 heteroatoms. The summed E-state index contributed by atoms with van der Waals surface area (Å²) in [6.07, 6.45) is 2.22. The van der Waals surface area contributed by atoms with Crippen molar-refractivity contribution in [1.29, 1.82) is 0 Å². The van der Waals surface area contributed by atoms with Gasteiger partial charge in [-0.05, 0) is 43.2 Å². The number of imide groups is 1. The van der Waals surface area contributed by atoms with Crippen molar-refractivity contribution in [1.82, 2.24) is 10.6 Å². The van der Waals surface area contributed by atoms with Crippen LogP contribution in [0.3, 0.4) is 0 Å². The van der Waals surface area contributed by atoms with Crippen LogP contribution in [0, 0.1) is 0 Å². The molecule has 0 saturated carbocycles. The Morgan fingerprint density at radius 3 is 2.57 bits per heavy atom. The Labute approximate surface area is 174 Å². The Bertz CT molecular complexity index is 1030. The SMILES string of the molecule is C=CCc1cc(C(=O)Nc2cccc(C3(C)NC(=O)NC3=O)c2)cc(OC)c1OC. The summed E-state index contributed by atoms with van der Waals surface area (Å²) in [6, 6.07) is 9.51. The maximum absolute atomic E-state index is 12.9. The van der Waals surface area contributed by atoms with Gasteiger partial charge < -0.3 is 20.1 Å². The lowest BCUT2D eigenvalue weighted by atomic mass is 9.92. The Morgan fingerprint density at radius 1 is 1.20 bits per heavy atom. The lowest BCUT2D eigenvalue weighted by Gasteiger charge is -2.21. The molecule has 8 nitrogen and oxygen atoms in total. The van der Waals surface area contributed by atoms with Crippen LogP contribution >= 0.6 is 0 Å². The summed E-state index contributed by atoms with van der Waals surface area (Å²) < 4.78 is 10.8. The van der Waals surface area contributed by atoms with Gasteiger partial charge in [-0.2, -0.15) is 0 Å². The first-order valence-corrected chi connectivity index (χ1v) is 9.23. The van der Waals surface area contributed by atoms with Crippen molar-refractivity contribution < 1.29 is 23.9 Å². The average molecular weight is 409 g/mol. The van der Waals surface area contributed by atoms with Gasteiger partial charge >= 0.3 is 6.03 Å². The second-order valence-electron chi connectivity index (χ2n) is 6.93. The van der Waals surface area contributed by atoms with Crippen LogP contribution in [0.2, 0.25) is 0 Å². The van der Waals surface area contributed by atoms with Gasteiger partial charge in [0.2, 0.25) is 0 Å². The number of carbonyl (C=O) groups excluding carboxylic acids is 3. The highest BCUT2D eigenvalue weighted by molar-refractivity contribution is 6.08. The standard InChI is InChI=1S/C22H23N3O5/c1-5-7-13-10-14(11-17(29-3)18(13)30-4)19(26)23-16-9-6-8-15(12-16)22(2)20(27)24-21(28)25-22/h5-6,8-12H,1,7H2,2-4H3,(H,23,26)(H2,24,25,27,28). The number of ether oxygens (including phenoxy) is 2. The highest BCUT2D eigenvalue weighted by atomic mass is 16.5. The van der Waals surface area contributed by atoms with Crippen LogP contribution in [0.1, 0.15) is 28.4 Å². The minimum Gasteiger partial charge on any atom is -0.493 e. The monoisotopic (exact) mass is 409 g/mol. The maximum atomic E-state index is 12.9. The van der Waals surface area contributed by atoms with E-state index < -0.39 is 17.5 Å². The molecule has 4 amide bonds. The van der Waals surface area contributed by atoms with Gasteiger partial charge in [-0.1, -0.05) is 18.2 Å². The molecule has 3 rings (SSSR count). The first-order valence-electron chi connectivity index (χ1n) is 9.23. The molecule has 1 aliphatic heterocycles. The highest BCUT2D eigenvalue weighted by Crippen LogP contribution is 2.33. The summed E-state index contributed by atoms with van der Waals surface area (Å²) >= 11 is 0. The molecule has 2 aromatic carbocycles. The summed E-state index contributed by atoms with van der Waals surface area (Å²) in [5, 5.41) is 7.65. The molecule has 1 fully saturated rings. The molecule has 1 atom stereocenters. The first-order chi connectivity index (χ1) is 14.3. The van der Waals surface area contributed by atoms with E-state index in [0.29, 0.717) is 34.7 Å². The number of hydrogen-bond donors (Lipinski definition) is 3. The van der Waals surface area contributed by atoms with Gasteiger partial charge in [0.1, 0.15) is 5.54 Å². The lowest BCUT2D eigenvalue weighted by molar-refractivity contribution is -0.123. The zero-order valence-corrected chi connectivity index (χ0v) is 17.0. The molecule has 1 unspecified atom stereocenters. The van der Waals surface area contributed by atoms with Crippen LogP contribution in [0.25, 0.3) is 0 Å². The second kappa shape index (κ2) is 8.28. The minimum atomic E-state index is -1.21. The van der Waals surface area contributed by atoms with Crippen molar-refractivity contribution in [2.75, 3.05) is 19.5 Å². The van der Waals surface area contributed by atoms with Crippen LogP contribution in [0.4, 0.5) is 10.5 Å². The molecule has 1 saturated heterocycles. The molecule has 3 N–H and O–H groups in total. The number of hydrogen-bond acceptors (Lipinski definition) is 5. The van der Waals surface area contributed by atoms with Crippen LogP contribution in [-0.2, 0) is 16.8 Å². The molecule has 156 valence electrons. The van der Waals surface area contributed by atoms with Gasteiger partial charge in [0.15, 0.2) is 11.5 Å². The van der Waals surface area contributed by atoms with Crippen LogP contribution in [0.15, 0.2) is 49.1 Å². The Balaban J connectivity index is 1.90. The molecule has 0 aliphatic carbocycles. The van der Waals surface area contributed by atoms with Crippen LogP contribution in [0.5, 0.6) is 11.5 Å². The van der Waals surface area contributed by atoms with Crippen molar-refractivity contribution in [3.05, 3.63) is 65.7 Å². The summed E-state index contributed by atoms with van der Waals surface area (Å²) in [5.41, 5.74) is 0.964. The van der Waals surface area contributed by atoms with Crippen molar-refractivity contribution in [2.24, 2.45) is 0 Å². The molecular weight excluding hydrogens is 386 g/mol. The Hall–Kier alpha value is -3.81. The number of carbonyl (C=O) groups is 3. The molecule has 0 spiro atoms. The number of amides is 4. The summed E-state index contributed by atoms with van der Waals surface area (Å²) in [4.78, 5) is 36.6. The number of benzene rings is 2. The third kappa shape index (κ3) is 3.84. The van der Waals surface area contributed by atoms with Crippen LogP contribution < -0.4 is 25.4 Å². The van der Waals surface area contributed by atoms with E-state index in [0.717, 1.165) is 5.56 Å². The lowest BCUT2D eigenvalue weighted by Crippen LogP contribution is -2.40. The molecule has 0 aromatic heterocycles. The predicted octanol–water partition coefficient (Wildman–Crippen LogP) is 2.74. The smallest absolute Gasteiger partial charge is 0.322 e. The predicted molar refractivity (Wildman–Crippen MR) is 112 cm³/mol. The summed E-state index contributed by atoms with van der Waals surface area (Å²) in [6.45, 7) is 5.34. The number of allylic oxidation sites excluding steroid dienone is 1. The fraction of sp³-hybridized carbons (Fsp3) is 0.227. The quantitative estimate of drug-likeness (QED) is 0.482. The van der Waals surface area contributed by atoms with Crippen molar-refractivity contribution in [3.8, 4) is 11.5 Å². The van der Waals surface area contributed by atoms with E-state index in [4.69, 9.17) is 9.47 Å². The van der Waals surface area contributed by atoms with Crippen molar-refractivity contribution in [3.63, 3.8) is 0 Å². The van der Waals surface area contributed by atoms with Crippen molar-refractivity contribution >= 4 is 23.5 Å². The van der Waals surface area contributed by atoms with E-state index >= 15 is 0 Å². The first kappa shape index (κ1) is 20.9. The normalized spacial score (nSPS) is 17.7. The van der Waals surface area contributed by atoms with Gasteiger partial charge in [-0.3, -0.25) is 14.9 Å². The molecule has 2 aromatic rings. The molecular formula is C22H23N3O5. The van der Waals surface area contributed by atoms with Crippen LogP contribution in [-0.4, -0.2) is 32.1 Å². The van der Waals surface area contributed by atoms with E-state index in [2.05, 4.69) is 22.5 Å². The van der Waals surface area contributed by atoms with E-state index in [1.165, 1.54) is 14.2 Å². The van der Waals surface area contributed by atoms with E-state index in [1.807, 2.05) is 0 Å². The zero-order valence-electron chi connectivity index (χ0n) is 17.0. The summed E-state index contributed by atoms with van der Waals surface area (Å²) in [5.74, 6) is 0.175. The third-order valence-corrected chi connectivity index (χ3v) is 4.92. The Kier molecular flexibility index (Phi) is 5.77. The van der Waals surface area contributed by atoms with Gasteiger partial charge in [0, 0.05) is 16.8 Å². The minimum absolute atomic E-state index is 0.358. The maximum Gasteiger partial charge on any atom is 0.322 e. The third-order valence-electron chi connectivity index (χ3n) is 4.92. The second-order valence-corrected chi connectivity index (χ2v) is 6.93. The van der Waals surface area contributed by atoms with Gasteiger partial charge in [0.05, 0.1) is 14.2 Å². The highest BCUT2D eigenvalue weighted by Gasteiger charge is 2.43. The molecule has 1 heterocycles. The van der Waals surface area contributed by atoms with E-state index in [1.54, 1.807) is 49.4 Å².